The Balaban J connectivity index is 1.83. The molecule has 4 rings (SSSR count). The second-order valence-corrected chi connectivity index (χ2v) is 9.04. The lowest BCUT2D eigenvalue weighted by Gasteiger charge is -2.42. The molecule has 28 heavy (non-hydrogen) atoms. The maximum absolute atomic E-state index is 13.0. The van der Waals surface area contributed by atoms with Gasteiger partial charge in [0.25, 0.3) is 10.0 Å². The first-order valence-corrected chi connectivity index (χ1v) is 11.0. The van der Waals surface area contributed by atoms with Crippen molar-refractivity contribution in [3.05, 3.63) is 59.6 Å². The van der Waals surface area contributed by atoms with Crippen LogP contribution in [0.1, 0.15) is 25.7 Å². The molecule has 8 heteroatoms. The normalized spacial score (nSPS) is 24.0. The van der Waals surface area contributed by atoms with Crippen LogP contribution in [0.2, 0.25) is 5.02 Å². The summed E-state index contributed by atoms with van der Waals surface area (Å²) in [6, 6.07) is 14.4. The summed E-state index contributed by atoms with van der Waals surface area (Å²) in [5.74, 6) is 0.142. The highest BCUT2D eigenvalue weighted by atomic mass is 35.5. The second kappa shape index (κ2) is 7.56. The third-order valence-corrected chi connectivity index (χ3v) is 6.73. The number of benzene rings is 2. The van der Waals surface area contributed by atoms with Crippen LogP contribution in [0.5, 0.6) is 0 Å². The Labute approximate surface area is 169 Å². The van der Waals surface area contributed by atoms with Crippen LogP contribution in [-0.2, 0) is 10.0 Å². The van der Waals surface area contributed by atoms with Gasteiger partial charge in [0.05, 0.1) is 10.6 Å². The first-order valence-electron chi connectivity index (χ1n) is 9.22. The monoisotopic (exact) mass is 417 g/mol. The zero-order valence-corrected chi connectivity index (χ0v) is 16.7. The molecule has 2 aliphatic rings. The summed E-state index contributed by atoms with van der Waals surface area (Å²) in [6.07, 6.45) is 3.58. The van der Waals surface area contributed by atoms with Crippen molar-refractivity contribution < 1.29 is 13.2 Å². The van der Waals surface area contributed by atoms with E-state index in [0.717, 1.165) is 25.7 Å². The standard InChI is InChI=1S/C20H20ClN3O3S/c21-14-10-12-16(13-11-14)28(26,27)23-19-17-8-4-5-9-18(17)22-20(25)24(19)15-6-2-1-3-7-15/h1-3,6-7,10-13,17-18H,4-5,8-9H2,(H,22,25)/b23-19+. The molecule has 0 aromatic heterocycles. The van der Waals surface area contributed by atoms with Crippen molar-refractivity contribution in [2.24, 2.45) is 10.3 Å². The molecule has 0 radical (unpaired) electrons. The van der Waals surface area contributed by atoms with E-state index in [1.807, 2.05) is 6.07 Å². The molecule has 1 saturated carbocycles. The number of halogens is 1. The zero-order valence-electron chi connectivity index (χ0n) is 15.1. The number of carbonyl (C=O) groups is 1. The molecule has 1 heterocycles. The van der Waals surface area contributed by atoms with Gasteiger partial charge in [-0.2, -0.15) is 8.42 Å². The van der Waals surface area contributed by atoms with Gasteiger partial charge in [-0.05, 0) is 49.2 Å². The number of urea groups is 1. The number of anilines is 1. The van der Waals surface area contributed by atoms with Crippen LogP contribution < -0.4 is 10.2 Å². The molecule has 2 atom stereocenters. The molecule has 2 fully saturated rings. The molecule has 2 aromatic carbocycles. The van der Waals surface area contributed by atoms with E-state index in [4.69, 9.17) is 11.6 Å². The number of fused-ring (bicyclic) bond motifs is 1. The average molecular weight is 418 g/mol. The number of nitrogens with zero attached hydrogens (tertiary/aromatic N) is 2. The molecule has 0 spiro atoms. The highest BCUT2D eigenvalue weighted by Crippen LogP contribution is 2.33. The van der Waals surface area contributed by atoms with E-state index in [9.17, 15) is 13.2 Å². The topological polar surface area (TPSA) is 78.8 Å². The number of carbonyl (C=O) groups excluding carboxylic acids is 1. The third kappa shape index (κ3) is 3.64. The largest absolute Gasteiger partial charge is 0.334 e. The van der Waals surface area contributed by atoms with Gasteiger partial charge in [0.1, 0.15) is 5.84 Å². The maximum atomic E-state index is 13.0. The Morgan fingerprint density at radius 1 is 1.00 bits per heavy atom. The quantitative estimate of drug-likeness (QED) is 0.812. The summed E-state index contributed by atoms with van der Waals surface area (Å²) in [5.41, 5.74) is 0.592. The second-order valence-electron chi connectivity index (χ2n) is 7.00. The van der Waals surface area contributed by atoms with Gasteiger partial charge in [-0.1, -0.05) is 42.6 Å². The number of rotatable bonds is 3. The number of amidine groups is 1. The third-order valence-electron chi connectivity index (χ3n) is 5.18. The summed E-state index contributed by atoms with van der Waals surface area (Å²) in [5, 5.41) is 3.47. The fourth-order valence-electron chi connectivity index (χ4n) is 3.82. The van der Waals surface area contributed by atoms with Crippen LogP contribution >= 0.6 is 11.6 Å². The lowest BCUT2D eigenvalue weighted by molar-refractivity contribution is 0.229. The van der Waals surface area contributed by atoms with E-state index in [-0.39, 0.29) is 28.7 Å². The van der Waals surface area contributed by atoms with E-state index in [1.54, 1.807) is 24.3 Å². The van der Waals surface area contributed by atoms with E-state index in [0.29, 0.717) is 10.7 Å². The Hall–Kier alpha value is -2.38. The molecule has 1 aliphatic carbocycles. The summed E-state index contributed by atoms with van der Waals surface area (Å²) in [7, 11) is -3.98. The average Bonchev–Trinajstić information content (AvgIpc) is 2.69. The number of sulfonamides is 1. The first kappa shape index (κ1) is 19.0. The molecule has 1 aliphatic heterocycles. The van der Waals surface area contributed by atoms with Crippen molar-refractivity contribution in [3.8, 4) is 0 Å². The summed E-state index contributed by atoms with van der Waals surface area (Å²) in [6.45, 7) is 0. The van der Waals surface area contributed by atoms with Gasteiger partial charge in [0, 0.05) is 17.0 Å². The molecule has 6 nitrogen and oxygen atoms in total. The fourth-order valence-corrected chi connectivity index (χ4v) is 5.00. The predicted octanol–water partition coefficient (Wildman–Crippen LogP) is 4.22. The lowest BCUT2D eigenvalue weighted by Crippen LogP contribution is -2.61. The molecule has 1 N–H and O–H groups in total. The van der Waals surface area contributed by atoms with Crippen LogP contribution in [0.4, 0.5) is 10.5 Å². The van der Waals surface area contributed by atoms with Crippen molar-refractivity contribution >= 4 is 39.2 Å². The van der Waals surface area contributed by atoms with Gasteiger partial charge >= 0.3 is 6.03 Å². The zero-order chi connectivity index (χ0) is 19.7. The SMILES string of the molecule is O=C1NC2CCCCC2/C(=N\S(=O)(=O)c2ccc(Cl)cc2)N1c1ccccc1. The highest BCUT2D eigenvalue weighted by Gasteiger charge is 2.42. The molecular formula is C20H20ClN3O3S. The molecule has 1 saturated heterocycles. The molecular weight excluding hydrogens is 398 g/mol. The van der Waals surface area contributed by atoms with Gasteiger partial charge in [0.15, 0.2) is 0 Å². The van der Waals surface area contributed by atoms with Crippen molar-refractivity contribution in [2.45, 2.75) is 36.6 Å². The van der Waals surface area contributed by atoms with Gasteiger partial charge in [0.2, 0.25) is 0 Å². The van der Waals surface area contributed by atoms with Crippen LogP contribution in [0.15, 0.2) is 63.9 Å². The van der Waals surface area contributed by atoms with Gasteiger partial charge in [-0.3, -0.25) is 0 Å². The number of amides is 2. The smallest absolute Gasteiger partial charge is 0.327 e. The molecule has 146 valence electrons. The van der Waals surface area contributed by atoms with Crippen molar-refractivity contribution in [3.63, 3.8) is 0 Å². The van der Waals surface area contributed by atoms with Crippen molar-refractivity contribution in [1.82, 2.24) is 5.32 Å². The van der Waals surface area contributed by atoms with E-state index >= 15 is 0 Å². The molecule has 2 amide bonds. The van der Waals surface area contributed by atoms with E-state index in [1.165, 1.54) is 29.2 Å². The number of hydrogen-bond acceptors (Lipinski definition) is 3. The minimum absolute atomic E-state index is 0.0516. The molecule has 2 aromatic rings. The maximum Gasteiger partial charge on any atom is 0.327 e. The van der Waals surface area contributed by atoms with E-state index in [2.05, 4.69) is 9.71 Å². The van der Waals surface area contributed by atoms with Crippen LogP contribution in [0, 0.1) is 5.92 Å². The Morgan fingerprint density at radius 3 is 2.39 bits per heavy atom. The number of para-hydroxylation sites is 1. The number of hydrogen-bond donors (Lipinski definition) is 1. The Morgan fingerprint density at radius 2 is 1.68 bits per heavy atom. The van der Waals surface area contributed by atoms with Crippen LogP contribution in [0.25, 0.3) is 0 Å². The minimum atomic E-state index is -3.98. The van der Waals surface area contributed by atoms with Crippen molar-refractivity contribution in [1.29, 1.82) is 0 Å². The lowest BCUT2D eigenvalue weighted by atomic mass is 9.82. The summed E-state index contributed by atoms with van der Waals surface area (Å²) in [4.78, 5) is 14.3. The highest BCUT2D eigenvalue weighted by molar-refractivity contribution is 7.90. The van der Waals surface area contributed by atoms with E-state index < -0.39 is 10.0 Å². The van der Waals surface area contributed by atoms with Gasteiger partial charge < -0.3 is 5.32 Å². The van der Waals surface area contributed by atoms with Crippen molar-refractivity contribution in [2.75, 3.05) is 4.90 Å². The number of nitrogens with one attached hydrogen (secondary N) is 1. The minimum Gasteiger partial charge on any atom is -0.334 e. The first-order chi connectivity index (χ1) is 13.5. The fraction of sp³-hybridized carbons (Fsp3) is 0.300. The summed E-state index contributed by atoms with van der Waals surface area (Å²) < 4.78 is 30.1. The molecule has 0 bridgehead atoms. The molecule has 2 unspecified atom stereocenters. The van der Waals surface area contributed by atoms with Crippen LogP contribution in [-0.4, -0.2) is 26.3 Å². The Kier molecular flexibility index (Phi) is 5.12. The van der Waals surface area contributed by atoms with Gasteiger partial charge in [-0.15, -0.1) is 4.40 Å². The predicted molar refractivity (Wildman–Crippen MR) is 109 cm³/mol. The summed E-state index contributed by atoms with van der Waals surface area (Å²) >= 11 is 5.88. The van der Waals surface area contributed by atoms with Gasteiger partial charge in [-0.25, -0.2) is 9.69 Å². The Bertz CT molecular complexity index is 1010. The van der Waals surface area contributed by atoms with Crippen LogP contribution in [0.3, 0.4) is 0 Å².